The lowest BCUT2D eigenvalue weighted by molar-refractivity contribution is -0.105. The molecule has 0 aliphatic carbocycles. The molecule has 4 rings (SSSR count). The van der Waals surface area contributed by atoms with Crippen molar-refractivity contribution in [2.45, 2.75) is 41.8 Å². The molecule has 1 atom stereocenters. The Bertz CT molecular complexity index is 824. The number of rotatable bonds is 6. The summed E-state index contributed by atoms with van der Waals surface area (Å²) in [6.45, 7) is 2.76. The lowest BCUT2D eigenvalue weighted by Crippen LogP contribution is -2.26. The van der Waals surface area contributed by atoms with Gasteiger partial charge in [-0.15, -0.1) is 0 Å². The monoisotopic (exact) mass is 418 g/mol. The first-order valence-corrected chi connectivity index (χ1v) is 11.1. The lowest BCUT2D eigenvalue weighted by Gasteiger charge is -2.34. The molecule has 0 radical (unpaired) electrons. The van der Waals surface area contributed by atoms with Crippen molar-refractivity contribution < 1.29 is 9.47 Å². The number of benzene rings is 2. The molecule has 6 heteroatoms. The fraction of sp³-hybridized carbons (Fsp3) is 0.455. The van der Waals surface area contributed by atoms with Crippen LogP contribution in [0.15, 0.2) is 46.2 Å². The second-order valence-corrected chi connectivity index (χ2v) is 9.03. The van der Waals surface area contributed by atoms with E-state index in [2.05, 4.69) is 54.2 Å². The third-order valence-corrected chi connectivity index (χ3v) is 6.47. The summed E-state index contributed by atoms with van der Waals surface area (Å²) in [5.74, 6) is 0.715. The van der Waals surface area contributed by atoms with Crippen molar-refractivity contribution >= 4 is 34.7 Å². The molecule has 1 unspecified atom stereocenters. The molecule has 0 amide bonds. The van der Waals surface area contributed by atoms with E-state index in [4.69, 9.17) is 21.1 Å². The molecule has 28 heavy (non-hydrogen) atoms. The minimum Gasteiger partial charge on any atom is -0.463 e. The van der Waals surface area contributed by atoms with E-state index in [0.29, 0.717) is 10.8 Å². The predicted octanol–water partition coefficient (Wildman–Crippen LogP) is 5.80. The Kier molecular flexibility index (Phi) is 6.36. The van der Waals surface area contributed by atoms with Crippen molar-refractivity contribution in [3.05, 3.63) is 41.4 Å². The molecular weight excluding hydrogens is 392 g/mol. The van der Waals surface area contributed by atoms with Crippen molar-refractivity contribution in [2.75, 3.05) is 38.7 Å². The van der Waals surface area contributed by atoms with E-state index < -0.39 is 0 Å². The zero-order chi connectivity index (χ0) is 19.5. The maximum absolute atomic E-state index is 6.63. The number of hydrogen-bond donors (Lipinski definition) is 0. The van der Waals surface area contributed by atoms with Gasteiger partial charge in [-0.1, -0.05) is 35.5 Å². The van der Waals surface area contributed by atoms with Crippen LogP contribution >= 0.6 is 23.4 Å². The van der Waals surface area contributed by atoms with E-state index in [-0.39, 0.29) is 6.29 Å². The van der Waals surface area contributed by atoms with Crippen LogP contribution in [0.1, 0.15) is 25.7 Å². The number of fused-ring (bicyclic) bond motifs is 2. The van der Waals surface area contributed by atoms with Gasteiger partial charge in [-0.25, -0.2) is 0 Å². The van der Waals surface area contributed by atoms with Crippen LogP contribution in [0.5, 0.6) is 5.75 Å². The highest BCUT2D eigenvalue weighted by molar-refractivity contribution is 7.99. The van der Waals surface area contributed by atoms with Crippen molar-refractivity contribution in [3.63, 3.8) is 0 Å². The molecule has 4 nitrogen and oxygen atoms in total. The zero-order valence-corrected chi connectivity index (χ0v) is 18.1. The van der Waals surface area contributed by atoms with Gasteiger partial charge in [-0.3, -0.25) is 0 Å². The molecule has 2 aromatic rings. The van der Waals surface area contributed by atoms with Crippen molar-refractivity contribution in [3.8, 4) is 5.75 Å². The Morgan fingerprint density at radius 1 is 1.18 bits per heavy atom. The second-order valence-electron chi connectivity index (χ2n) is 7.54. The molecule has 150 valence electrons. The SMILES string of the molecule is CN(C)CCCN1c2ccccc2Sc2cc(OC3CCCCO3)c(Cl)cc21. The van der Waals surface area contributed by atoms with Gasteiger partial charge in [0.25, 0.3) is 0 Å². The van der Waals surface area contributed by atoms with E-state index in [1.165, 1.54) is 15.5 Å². The minimum absolute atomic E-state index is 0.193. The van der Waals surface area contributed by atoms with E-state index >= 15 is 0 Å². The van der Waals surface area contributed by atoms with Gasteiger partial charge in [-0.2, -0.15) is 0 Å². The summed E-state index contributed by atoms with van der Waals surface area (Å²) in [6.07, 6.45) is 4.04. The smallest absolute Gasteiger partial charge is 0.199 e. The highest BCUT2D eigenvalue weighted by atomic mass is 35.5. The molecule has 1 fully saturated rings. The topological polar surface area (TPSA) is 24.9 Å². The molecule has 0 N–H and O–H groups in total. The van der Waals surface area contributed by atoms with Gasteiger partial charge in [-0.05, 0) is 64.2 Å². The summed E-state index contributed by atoms with van der Waals surface area (Å²) in [7, 11) is 4.23. The summed E-state index contributed by atoms with van der Waals surface area (Å²) in [5, 5.41) is 0.644. The van der Waals surface area contributed by atoms with Crippen molar-refractivity contribution in [2.24, 2.45) is 0 Å². The van der Waals surface area contributed by atoms with E-state index in [9.17, 15) is 0 Å². The molecule has 2 aliphatic rings. The van der Waals surface area contributed by atoms with Gasteiger partial charge in [0.1, 0.15) is 5.75 Å². The van der Waals surface area contributed by atoms with Gasteiger partial charge < -0.3 is 19.3 Å². The fourth-order valence-corrected chi connectivity index (χ4v) is 4.96. The first kappa shape index (κ1) is 19.9. The maximum Gasteiger partial charge on any atom is 0.199 e. The standard InChI is InChI=1S/C22H27ClN2O2S/c1-24(2)11-7-12-25-17-8-3-4-9-20(17)28-21-15-19(16(23)14-18(21)25)27-22-10-5-6-13-26-22/h3-4,8-9,14-15,22H,5-7,10-13H2,1-2H3. The van der Waals surface area contributed by atoms with Gasteiger partial charge in [0.15, 0.2) is 6.29 Å². The Morgan fingerprint density at radius 2 is 2.04 bits per heavy atom. The largest absolute Gasteiger partial charge is 0.463 e. The average molecular weight is 419 g/mol. The van der Waals surface area contributed by atoms with Crippen molar-refractivity contribution in [1.29, 1.82) is 0 Å². The number of ether oxygens (including phenoxy) is 2. The summed E-state index contributed by atoms with van der Waals surface area (Å²) < 4.78 is 11.8. The van der Waals surface area contributed by atoms with Crippen molar-refractivity contribution in [1.82, 2.24) is 4.90 Å². The molecular formula is C22H27ClN2O2S. The summed E-state index contributed by atoms with van der Waals surface area (Å²) in [5.41, 5.74) is 2.41. The van der Waals surface area contributed by atoms with Crippen LogP contribution in [0.25, 0.3) is 0 Å². The summed E-state index contributed by atoms with van der Waals surface area (Å²) in [4.78, 5) is 7.05. The molecule has 0 aromatic heterocycles. The number of hydrogen-bond acceptors (Lipinski definition) is 5. The highest BCUT2D eigenvalue weighted by Crippen LogP contribution is 2.50. The van der Waals surface area contributed by atoms with Crippen LogP contribution in [-0.2, 0) is 4.74 Å². The second kappa shape index (κ2) is 8.95. The first-order chi connectivity index (χ1) is 13.6. The summed E-state index contributed by atoms with van der Waals surface area (Å²) >= 11 is 8.41. The molecule has 2 heterocycles. The third kappa shape index (κ3) is 4.43. The van der Waals surface area contributed by atoms with Crippen LogP contribution in [0.4, 0.5) is 11.4 Å². The predicted molar refractivity (Wildman–Crippen MR) is 116 cm³/mol. The molecule has 0 bridgehead atoms. The quantitative estimate of drug-likeness (QED) is 0.590. The molecule has 2 aliphatic heterocycles. The Balaban J connectivity index is 1.62. The fourth-order valence-electron chi connectivity index (χ4n) is 3.65. The van der Waals surface area contributed by atoms with E-state index in [0.717, 1.165) is 51.1 Å². The molecule has 0 spiro atoms. The highest BCUT2D eigenvalue weighted by Gasteiger charge is 2.26. The summed E-state index contributed by atoms with van der Waals surface area (Å²) in [6, 6.07) is 12.7. The minimum atomic E-state index is -0.193. The number of anilines is 2. The molecule has 2 aromatic carbocycles. The van der Waals surface area contributed by atoms with Crippen LogP contribution in [0, 0.1) is 0 Å². The van der Waals surface area contributed by atoms with Gasteiger partial charge >= 0.3 is 0 Å². The normalized spacial score (nSPS) is 18.7. The average Bonchev–Trinajstić information content (AvgIpc) is 2.69. The van der Waals surface area contributed by atoms with Gasteiger partial charge in [0.05, 0.1) is 23.0 Å². The first-order valence-electron chi connectivity index (χ1n) is 9.93. The van der Waals surface area contributed by atoms with E-state index in [1.54, 1.807) is 11.8 Å². The number of para-hydroxylation sites is 1. The van der Waals surface area contributed by atoms with Gasteiger partial charge in [0.2, 0.25) is 0 Å². The van der Waals surface area contributed by atoms with Gasteiger partial charge in [0, 0.05) is 22.8 Å². The van der Waals surface area contributed by atoms with Crippen LogP contribution in [-0.4, -0.2) is 45.0 Å². The lowest BCUT2D eigenvalue weighted by atomic mass is 10.2. The van der Waals surface area contributed by atoms with Crippen LogP contribution < -0.4 is 9.64 Å². The van der Waals surface area contributed by atoms with E-state index in [1.807, 2.05) is 6.07 Å². The Hall–Kier alpha value is -1.40. The zero-order valence-electron chi connectivity index (χ0n) is 16.5. The van der Waals surface area contributed by atoms with Crippen LogP contribution in [0.3, 0.4) is 0 Å². The Labute approximate surface area is 176 Å². The van der Waals surface area contributed by atoms with Crippen LogP contribution in [0.2, 0.25) is 5.02 Å². The number of nitrogens with zero attached hydrogens (tertiary/aromatic N) is 2. The Morgan fingerprint density at radius 3 is 2.82 bits per heavy atom. The molecule has 1 saturated heterocycles. The molecule has 0 saturated carbocycles. The third-order valence-electron chi connectivity index (χ3n) is 5.06. The maximum atomic E-state index is 6.63. The number of halogens is 1.